The van der Waals surface area contributed by atoms with Crippen LogP contribution in [0.3, 0.4) is 0 Å². The molecule has 0 fully saturated rings. The van der Waals surface area contributed by atoms with E-state index < -0.39 is 0 Å². The molecule has 4 heteroatoms. The zero-order chi connectivity index (χ0) is 14.3. The number of benzene rings is 1. The van der Waals surface area contributed by atoms with Gasteiger partial charge in [0.1, 0.15) is 0 Å². The summed E-state index contributed by atoms with van der Waals surface area (Å²) in [7, 11) is 8.09. The molecule has 0 unspecified atom stereocenters. The molecule has 0 atom stereocenters. The fourth-order valence-corrected chi connectivity index (χ4v) is 1.77. The highest BCUT2D eigenvalue weighted by Gasteiger charge is 2.04. The van der Waals surface area contributed by atoms with Crippen molar-refractivity contribution in [3.05, 3.63) is 29.8 Å². The van der Waals surface area contributed by atoms with Gasteiger partial charge in [0, 0.05) is 31.9 Å². The molecule has 106 valence electrons. The smallest absolute Gasteiger partial charge is 0.251 e. The van der Waals surface area contributed by atoms with Gasteiger partial charge in [0.05, 0.1) is 0 Å². The van der Waals surface area contributed by atoms with Crippen LogP contribution in [0.1, 0.15) is 23.2 Å². The van der Waals surface area contributed by atoms with Crippen LogP contribution in [0.25, 0.3) is 0 Å². The van der Waals surface area contributed by atoms with E-state index >= 15 is 0 Å². The molecule has 1 rings (SSSR count). The molecule has 0 bridgehead atoms. The number of hydrogen-bond acceptors (Lipinski definition) is 3. The van der Waals surface area contributed by atoms with E-state index in [9.17, 15) is 4.79 Å². The first-order valence-corrected chi connectivity index (χ1v) is 6.71. The third kappa shape index (κ3) is 5.75. The summed E-state index contributed by atoms with van der Waals surface area (Å²) in [6, 6.07) is 7.65. The van der Waals surface area contributed by atoms with Gasteiger partial charge in [0.25, 0.3) is 5.91 Å². The first kappa shape index (κ1) is 15.5. The van der Waals surface area contributed by atoms with E-state index in [2.05, 4.69) is 24.3 Å². The van der Waals surface area contributed by atoms with Gasteiger partial charge in [-0.25, -0.2) is 0 Å². The number of carbonyl (C=O) groups is 1. The maximum absolute atomic E-state index is 11.9. The fraction of sp³-hybridized carbons (Fsp3) is 0.533. The maximum Gasteiger partial charge on any atom is 0.251 e. The first-order chi connectivity index (χ1) is 9.00. The molecular weight excluding hydrogens is 238 g/mol. The lowest BCUT2D eigenvalue weighted by Crippen LogP contribution is -2.25. The number of carbonyl (C=O) groups excluding carboxylic acids is 1. The van der Waals surface area contributed by atoms with Crippen molar-refractivity contribution in [3.8, 4) is 0 Å². The molecule has 0 radical (unpaired) electrons. The van der Waals surface area contributed by atoms with E-state index in [0.29, 0.717) is 0 Å². The number of nitrogens with one attached hydrogen (secondary N) is 1. The molecule has 1 aromatic rings. The molecule has 0 spiro atoms. The number of nitrogens with zero attached hydrogens (tertiary/aromatic N) is 2. The maximum atomic E-state index is 11.9. The van der Waals surface area contributed by atoms with Crippen molar-refractivity contribution in [2.24, 2.45) is 0 Å². The van der Waals surface area contributed by atoms with Gasteiger partial charge in [0.2, 0.25) is 0 Å². The summed E-state index contributed by atoms with van der Waals surface area (Å²) in [5, 5.41) is 2.95. The van der Waals surface area contributed by atoms with Gasteiger partial charge in [0.15, 0.2) is 0 Å². The Morgan fingerprint density at radius 1 is 1.05 bits per heavy atom. The normalized spacial score (nSPS) is 10.6. The topological polar surface area (TPSA) is 35.6 Å². The van der Waals surface area contributed by atoms with E-state index in [1.54, 1.807) is 0 Å². The lowest BCUT2D eigenvalue weighted by molar-refractivity contribution is 0.0953. The Labute approximate surface area is 116 Å². The molecule has 0 aromatic heterocycles. The van der Waals surface area contributed by atoms with Gasteiger partial charge < -0.3 is 15.1 Å². The Balaban J connectivity index is 2.33. The van der Waals surface area contributed by atoms with Crippen molar-refractivity contribution in [2.75, 3.05) is 46.2 Å². The van der Waals surface area contributed by atoms with Gasteiger partial charge >= 0.3 is 0 Å². The molecule has 4 nitrogen and oxygen atoms in total. The highest BCUT2D eigenvalue weighted by Crippen LogP contribution is 2.11. The van der Waals surface area contributed by atoms with Crippen LogP contribution in [0.5, 0.6) is 0 Å². The van der Waals surface area contributed by atoms with Gasteiger partial charge in [-0.05, 0) is 57.7 Å². The van der Waals surface area contributed by atoms with Crippen LogP contribution in [0.15, 0.2) is 24.3 Å². The molecule has 19 heavy (non-hydrogen) atoms. The van der Waals surface area contributed by atoms with Crippen molar-refractivity contribution < 1.29 is 4.79 Å². The lowest BCUT2D eigenvalue weighted by atomic mass is 10.2. The van der Waals surface area contributed by atoms with Crippen molar-refractivity contribution >= 4 is 11.6 Å². The third-order valence-corrected chi connectivity index (χ3v) is 2.96. The molecule has 0 aliphatic heterocycles. The first-order valence-electron chi connectivity index (χ1n) is 6.71. The lowest BCUT2D eigenvalue weighted by Gasteiger charge is -2.13. The minimum atomic E-state index is 0.00941. The summed E-state index contributed by atoms with van der Waals surface area (Å²) < 4.78 is 0. The van der Waals surface area contributed by atoms with Gasteiger partial charge in [-0.2, -0.15) is 0 Å². The van der Waals surface area contributed by atoms with Gasteiger partial charge in [-0.3, -0.25) is 4.79 Å². The van der Waals surface area contributed by atoms with Crippen LogP contribution in [0.4, 0.5) is 5.69 Å². The quantitative estimate of drug-likeness (QED) is 0.762. The number of amides is 1. The summed E-state index contributed by atoms with van der Waals surface area (Å²) in [6.45, 7) is 1.80. The third-order valence-electron chi connectivity index (χ3n) is 2.96. The van der Waals surface area contributed by atoms with E-state index in [-0.39, 0.29) is 5.91 Å². The van der Waals surface area contributed by atoms with Crippen molar-refractivity contribution in [1.29, 1.82) is 0 Å². The second-order valence-corrected chi connectivity index (χ2v) is 5.21. The van der Waals surface area contributed by atoms with Crippen LogP contribution in [-0.4, -0.2) is 52.1 Å². The summed E-state index contributed by atoms with van der Waals surface area (Å²) >= 11 is 0. The van der Waals surface area contributed by atoms with Crippen molar-refractivity contribution in [1.82, 2.24) is 10.2 Å². The molecule has 1 amide bonds. The second-order valence-electron chi connectivity index (χ2n) is 5.21. The summed E-state index contributed by atoms with van der Waals surface area (Å²) in [5.41, 5.74) is 1.82. The Bertz CT molecular complexity index is 385. The summed E-state index contributed by atoms with van der Waals surface area (Å²) in [5.74, 6) is 0.00941. The Kier molecular flexibility index (Phi) is 6.36. The van der Waals surface area contributed by atoms with Crippen LogP contribution >= 0.6 is 0 Å². The predicted octanol–water partition coefficient (Wildman–Crippen LogP) is 1.82. The Morgan fingerprint density at radius 2 is 1.68 bits per heavy atom. The minimum absolute atomic E-state index is 0.00941. The number of anilines is 1. The summed E-state index contributed by atoms with van der Waals surface area (Å²) in [4.78, 5) is 16.1. The predicted molar refractivity (Wildman–Crippen MR) is 80.9 cm³/mol. The van der Waals surface area contributed by atoms with Gasteiger partial charge in [-0.1, -0.05) is 0 Å². The average molecular weight is 263 g/mol. The molecular formula is C15H25N3O. The van der Waals surface area contributed by atoms with Crippen LogP contribution in [0.2, 0.25) is 0 Å². The SMILES string of the molecule is CN(C)CCCCNC(=O)c1ccc(N(C)C)cc1. The van der Waals surface area contributed by atoms with E-state index in [4.69, 9.17) is 0 Å². The van der Waals surface area contributed by atoms with E-state index in [0.717, 1.165) is 37.2 Å². The Morgan fingerprint density at radius 3 is 2.21 bits per heavy atom. The van der Waals surface area contributed by atoms with Crippen molar-refractivity contribution in [2.45, 2.75) is 12.8 Å². The van der Waals surface area contributed by atoms with Crippen LogP contribution in [-0.2, 0) is 0 Å². The highest BCUT2D eigenvalue weighted by molar-refractivity contribution is 5.94. The summed E-state index contributed by atoms with van der Waals surface area (Å²) in [6.07, 6.45) is 2.12. The molecule has 0 aliphatic rings. The average Bonchev–Trinajstić information content (AvgIpc) is 2.37. The zero-order valence-corrected chi connectivity index (χ0v) is 12.4. The number of unbranched alkanes of at least 4 members (excludes halogenated alkanes) is 1. The number of hydrogen-bond donors (Lipinski definition) is 1. The Hall–Kier alpha value is -1.55. The van der Waals surface area contributed by atoms with E-state index in [1.165, 1.54) is 0 Å². The minimum Gasteiger partial charge on any atom is -0.378 e. The fourth-order valence-electron chi connectivity index (χ4n) is 1.77. The number of rotatable bonds is 7. The molecule has 1 aromatic carbocycles. The monoisotopic (exact) mass is 263 g/mol. The van der Waals surface area contributed by atoms with E-state index in [1.807, 2.05) is 43.3 Å². The van der Waals surface area contributed by atoms with Crippen molar-refractivity contribution in [3.63, 3.8) is 0 Å². The van der Waals surface area contributed by atoms with Crippen LogP contribution < -0.4 is 10.2 Å². The molecule has 0 saturated heterocycles. The molecule has 0 heterocycles. The molecule has 0 aliphatic carbocycles. The highest BCUT2D eigenvalue weighted by atomic mass is 16.1. The van der Waals surface area contributed by atoms with Crippen LogP contribution in [0, 0.1) is 0 Å². The zero-order valence-electron chi connectivity index (χ0n) is 12.4. The second kappa shape index (κ2) is 7.79. The molecule has 0 saturated carbocycles. The van der Waals surface area contributed by atoms with Gasteiger partial charge in [-0.15, -0.1) is 0 Å². The molecule has 1 N–H and O–H groups in total. The largest absolute Gasteiger partial charge is 0.378 e. The standard InChI is InChI=1S/C15H25N3O/c1-17(2)12-6-5-11-16-15(19)13-7-9-14(10-8-13)18(3)4/h7-10H,5-6,11-12H2,1-4H3,(H,16,19).